The van der Waals surface area contributed by atoms with Gasteiger partial charge < -0.3 is 9.47 Å². The Hall–Kier alpha value is -1.06. The van der Waals surface area contributed by atoms with Gasteiger partial charge in [0.1, 0.15) is 0 Å². The summed E-state index contributed by atoms with van der Waals surface area (Å²) in [5.41, 5.74) is 1.05. The van der Waals surface area contributed by atoms with E-state index in [-0.39, 0.29) is 0 Å². The highest BCUT2D eigenvalue weighted by molar-refractivity contribution is 7.86. The van der Waals surface area contributed by atoms with Gasteiger partial charge in [-0.25, -0.2) is 0 Å². The fraction of sp³-hybridized carbons (Fsp3) is 0.667. The Morgan fingerprint density at radius 1 is 1.07 bits per heavy atom. The van der Waals surface area contributed by atoms with Gasteiger partial charge in [0, 0.05) is 52.2 Å². The van der Waals surface area contributed by atoms with E-state index in [1.54, 1.807) is 4.31 Å². The van der Waals surface area contributed by atoms with Crippen molar-refractivity contribution in [3.63, 3.8) is 0 Å². The quantitative estimate of drug-likeness (QED) is 0.710. The van der Waals surface area contributed by atoms with Crippen LogP contribution >= 0.6 is 11.6 Å². The van der Waals surface area contributed by atoms with E-state index < -0.39 is 10.2 Å². The van der Waals surface area contributed by atoms with Crippen molar-refractivity contribution in [2.75, 3.05) is 52.5 Å². The van der Waals surface area contributed by atoms with Gasteiger partial charge in [0.15, 0.2) is 11.5 Å². The molecule has 27 heavy (non-hydrogen) atoms. The van der Waals surface area contributed by atoms with Crippen LogP contribution < -0.4 is 9.47 Å². The summed E-state index contributed by atoms with van der Waals surface area (Å²) in [6, 6.07) is 3.89. The molecule has 2 heterocycles. The zero-order valence-electron chi connectivity index (χ0n) is 16.0. The molecule has 0 unspecified atom stereocenters. The van der Waals surface area contributed by atoms with Crippen LogP contribution in [0.2, 0.25) is 5.02 Å². The Bertz CT molecular complexity index is 747. The van der Waals surface area contributed by atoms with Crippen LogP contribution in [0.3, 0.4) is 0 Å². The van der Waals surface area contributed by atoms with E-state index in [1.165, 1.54) is 4.31 Å². The monoisotopic (exact) mass is 417 g/mol. The van der Waals surface area contributed by atoms with Gasteiger partial charge in [-0.2, -0.15) is 17.0 Å². The molecule has 7 nitrogen and oxygen atoms in total. The van der Waals surface area contributed by atoms with Crippen molar-refractivity contribution in [1.29, 1.82) is 0 Å². The lowest BCUT2D eigenvalue weighted by Gasteiger charge is -2.36. The lowest BCUT2D eigenvalue weighted by Crippen LogP contribution is -2.52. The largest absolute Gasteiger partial charge is 0.489 e. The average Bonchev–Trinajstić information content (AvgIpc) is 2.89. The molecule has 0 saturated carbocycles. The summed E-state index contributed by atoms with van der Waals surface area (Å²) in [4.78, 5) is 2.24. The smallest absolute Gasteiger partial charge is 0.282 e. The lowest BCUT2D eigenvalue weighted by molar-refractivity contribution is 0.175. The van der Waals surface area contributed by atoms with Gasteiger partial charge in [-0.1, -0.05) is 25.4 Å². The van der Waals surface area contributed by atoms with E-state index in [2.05, 4.69) is 4.90 Å². The van der Waals surface area contributed by atoms with Gasteiger partial charge in [0.05, 0.1) is 18.2 Å². The first-order valence-electron chi connectivity index (χ1n) is 9.51. The molecule has 0 aliphatic carbocycles. The average molecular weight is 418 g/mol. The Labute approximate surface area is 167 Å². The van der Waals surface area contributed by atoms with Crippen LogP contribution in [0.25, 0.3) is 0 Å². The van der Waals surface area contributed by atoms with Gasteiger partial charge in [-0.15, -0.1) is 0 Å². The molecule has 1 fully saturated rings. The molecule has 152 valence electrons. The van der Waals surface area contributed by atoms with E-state index >= 15 is 0 Å². The summed E-state index contributed by atoms with van der Waals surface area (Å²) in [6.45, 7) is 9.02. The first-order chi connectivity index (χ1) is 13.0. The van der Waals surface area contributed by atoms with E-state index in [4.69, 9.17) is 21.1 Å². The molecule has 0 atom stereocenters. The molecule has 0 spiro atoms. The Morgan fingerprint density at radius 2 is 1.74 bits per heavy atom. The Morgan fingerprint density at radius 3 is 2.41 bits per heavy atom. The lowest BCUT2D eigenvalue weighted by atomic mass is 10.1. The van der Waals surface area contributed by atoms with Gasteiger partial charge >= 0.3 is 0 Å². The normalized spacial score (nSPS) is 19.3. The van der Waals surface area contributed by atoms with Crippen LogP contribution in [0.1, 0.15) is 25.8 Å². The van der Waals surface area contributed by atoms with Crippen LogP contribution in [0, 0.1) is 0 Å². The maximum absolute atomic E-state index is 12.6. The van der Waals surface area contributed by atoms with Crippen LogP contribution in [-0.4, -0.2) is 74.4 Å². The molecule has 9 heteroatoms. The van der Waals surface area contributed by atoms with Gasteiger partial charge in [-0.3, -0.25) is 4.90 Å². The number of hydrogen-bond donors (Lipinski definition) is 0. The second-order valence-corrected chi connectivity index (χ2v) is 9.06. The topological polar surface area (TPSA) is 62.3 Å². The number of halogens is 1. The highest BCUT2D eigenvalue weighted by Gasteiger charge is 2.30. The van der Waals surface area contributed by atoms with E-state index in [9.17, 15) is 8.42 Å². The zero-order valence-corrected chi connectivity index (χ0v) is 17.6. The second-order valence-electron chi connectivity index (χ2n) is 6.72. The fourth-order valence-corrected chi connectivity index (χ4v) is 5.36. The number of benzene rings is 1. The molecule has 1 aromatic carbocycles. The van der Waals surface area contributed by atoms with Crippen molar-refractivity contribution in [1.82, 2.24) is 13.5 Å². The summed E-state index contributed by atoms with van der Waals surface area (Å²) in [5.74, 6) is 1.31. The molecule has 0 radical (unpaired) electrons. The van der Waals surface area contributed by atoms with Gasteiger partial charge in [0.2, 0.25) is 0 Å². The molecule has 0 amide bonds. The Balaban J connectivity index is 1.63. The predicted molar refractivity (Wildman–Crippen MR) is 106 cm³/mol. The molecule has 2 aliphatic heterocycles. The minimum atomic E-state index is -3.36. The molecule has 0 bridgehead atoms. The number of hydrogen-bond acceptors (Lipinski definition) is 5. The summed E-state index contributed by atoms with van der Waals surface area (Å²) in [7, 11) is -3.36. The van der Waals surface area contributed by atoms with Crippen LogP contribution in [-0.2, 0) is 16.8 Å². The number of rotatable bonds is 6. The molecular formula is C18H28ClN3O4S. The van der Waals surface area contributed by atoms with Crippen molar-refractivity contribution >= 4 is 21.8 Å². The maximum atomic E-state index is 12.6. The molecule has 0 aromatic heterocycles. The molecule has 1 aromatic rings. The van der Waals surface area contributed by atoms with Crippen LogP contribution in [0.15, 0.2) is 12.1 Å². The van der Waals surface area contributed by atoms with Gasteiger partial charge in [-0.05, 0) is 17.7 Å². The maximum Gasteiger partial charge on any atom is 0.282 e. The van der Waals surface area contributed by atoms with E-state index in [0.29, 0.717) is 75.5 Å². The SMILES string of the molecule is CCN(CC)S(=O)(=O)N1CCN(Cc2cc(Cl)c3c(c2)OCCCO3)CC1. The van der Waals surface area contributed by atoms with Crippen molar-refractivity contribution in [2.24, 2.45) is 0 Å². The third-order valence-electron chi connectivity index (χ3n) is 4.96. The fourth-order valence-electron chi connectivity index (χ4n) is 3.47. The van der Waals surface area contributed by atoms with Crippen LogP contribution in [0.5, 0.6) is 11.5 Å². The summed E-state index contributed by atoms with van der Waals surface area (Å²) >= 11 is 6.37. The number of fused-ring (bicyclic) bond motifs is 1. The van der Waals surface area contributed by atoms with Crippen LogP contribution in [0.4, 0.5) is 0 Å². The molecule has 0 N–H and O–H groups in total. The number of ether oxygens (including phenoxy) is 2. The number of piperazine rings is 1. The Kier molecular flexibility index (Phi) is 6.86. The summed E-state index contributed by atoms with van der Waals surface area (Å²) < 4.78 is 39.8. The molecule has 2 aliphatic rings. The van der Waals surface area contributed by atoms with Gasteiger partial charge in [0.25, 0.3) is 10.2 Å². The van der Waals surface area contributed by atoms with Crippen molar-refractivity contribution < 1.29 is 17.9 Å². The van der Waals surface area contributed by atoms with Crippen molar-refractivity contribution in [2.45, 2.75) is 26.8 Å². The highest BCUT2D eigenvalue weighted by Crippen LogP contribution is 2.38. The standard InChI is InChI=1S/C18H28ClN3O4S/c1-3-21(4-2)27(23,24)22-8-6-20(7-9-22)14-15-12-16(19)18-17(13-15)25-10-5-11-26-18/h12-13H,3-11,14H2,1-2H3. The van der Waals surface area contributed by atoms with Crippen molar-refractivity contribution in [3.05, 3.63) is 22.7 Å². The number of nitrogens with zero attached hydrogens (tertiary/aromatic N) is 3. The second kappa shape index (κ2) is 8.96. The third kappa shape index (κ3) is 4.68. The molecule has 3 rings (SSSR count). The molecular weight excluding hydrogens is 390 g/mol. The first-order valence-corrected chi connectivity index (χ1v) is 11.3. The minimum Gasteiger partial charge on any atom is -0.489 e. The summed E-state index contributed by atoms with van der Waals surface area (Å²) in [5, 5.41) is 0.562. The minimum absolute atomic E-state index is 0.495. The molecule has 1 saturated heterocycles. The van der Waals surface area contributed by atoms with E-state index in [1.807, 2.05) is 26.0 Å². The summed E-state index contributed by atoms with van der Waals surface area (Å²) in [6.07, 6.45) is 0.837. The van der Waals surface area contributed by atoms with E-state index in [0.717, 1.165) is 12.0 Å². The zero-order chi connectivity index (χ0) is 19.4. The predicted octanol–water partition coefficient (Wildman–Crippen LogP) is 2.21. The van der Waals surface area contributed by atoms with Crippen molar-refractivity contribution in [3.8, 4) is 11.5 Å². The first kappa shape index (κ1) is 20.7. The highest BCUT2D eigenvalue weighted by atomic mass is 35.5. The third-order valence-corrected chi connectivity index (χ3v) is 7.42.